The van der Waals surface area contributed by atoms with E-state index in [0.29, 0.717) is 43.1 Å². The maximum absolute atomic E-state index is 12.6. The Hall–Kier alpha value is -2.51. The fourth-order valence-corrected chi connectivity index (χ4v) is 3.35. The molecule has 1 aliphatic rings. The van der Waals surface area contributed by atoms with Gasteiger partial charge in [0.1, 0.15) is 0 Å². The summed E-state index contributed by atoms with van der Waals surface area (Å²) >= 11 is 0. The number of nitrogens with one attached hydrogen (secondary N) is 1. The number of rotatable bonds is 9. The maximum atomic E-state index is 12.6. The first kappa shape index (κ1) is 20.2. The number of aromatic nitrogens is 2. The van der Waals surface area contributed by atoms with Gasteiger partial charge in [0, 0.05) is 19.8 Å². The van der Waals surface area contributed by atoms with E-state index in [1.54, 1.807) is 18.5 Å². The van der Waals surface area contributed by atoms with Gasteiger partial charge in [-0.15, -0.1) is 0 Å². The van der Waals surface area contributed by atoms with Crippen LogP contribution in [0, 0.1) is 13.8 Å². The summed E-state index contributed by atoms with van der Waals surface area (Å²) in [5, 5.41) is 7.10. The highest BCUT2D eigenvalue weighted by Crippen LogP contribution is 2.18. The topological polar surface area (TPSA) is 82.5 Å². The Balaban J connectivity index is 1.49. The Labute approximate surface area is 165 Å². The molecule has 1 fully saturated rings. The molecule has 1 saturated heterocycles. The number of ether oxygens (including phenoxy) is 2. The third kappa shape index (κ3) is 4.85. The third-order valence-corrected chi connectivity index (χ3v) is 4.80. The van der Waals surface area contributed by atoms with Gasteiger partial charge in [-0.3, -0.25) is 9.59 Å². The number of carbonyl (C=O) groups excluding carboxylic acids is 2. The molecule has 0 radical (unpaired) electrons. The van der Waals surface area contributed by atoms with Crippen molar-refractivity contribution in [3.63, 3.8) is 0 Å². The van der Waals surface area contributed by atoms with Crippen LogP contribution in [0.1, 0.15) is 41.0 Å². The van der Waals surface area contributed by atoms with Gasteiger partial charge < -0.3 is 14.8 Å². The Kier molecular flexibility index (Phi) is 6.95. The van der Waals surface area contributed by atoms with E-state index in [2.05, 4.69) is 10.4 Å². The van der Waals surface area contributed by atoms with Crippen molar-refractivity contribution in [2.45, 2.75) is 39.2 Å². The van der Waals surface area contributed by atoms with E-state index in [9.17, 15) is 9.59 Å². The minimum atomic E-state index is -0.613. The van der Waals surface area contributed by atoms with E-state index >= 15 is 0 Å². The summed E-state index contributed by atoms with van der Waals surface area (Å²) in [7, 11) is 0. The van der Waals surface area contributed by atoms with Crippen molar-refractivity contribution in [2.75, 3.05) is 26.4 Å². The van der Waals surface area contributed by atoms with Crippen LogP contribution in [0.3, 0.4) is 0 Å². The number of amides is 1. The molecule has 7 nitrogen and oxygen atoms in total. The van der Waals surface area contributed by atoms with Gasteiger partial charge in [-0.2, -0.15) is 5.10 Å². The van der Waals surface area contributed by atoms with E-state index in [1.807, 2.05) is 30.3 Å². The lowest BCUT2D eigenvalue weighted by Gasteiger charge is -2.10. The third-order valence-electron chi connectivity index (χ3n) is 4.80. The summed E-state index contributed by atoms with van der Waals surface area (Å²) in [5.74, 6) is -1.17. The van der Waals surface area contributed by atoms with Crippen molar-refractivity contribution in [3.05, 3.63) is 47.3 Å². The zero-order valence-electron chi connectivity index (χ0n) is 16.4. The van der Waals surface area contributed by atoms with Gasteiger partial charge in [-0.05, 0) is 45.2 Å². The number of hydrogen-bond acceptors (Lipinski definition) is 5. The smallest absolute Gasteiger partial charge is 0.292 e. The van der Waals surface area contributed by atoms with Crippen LogP contribution in [0.15, 0.2) is 30.3 Å². The molecule has 3 rings (SSSR count). The second kappa shape index (κ2) is 9.61. The van der Waals surface area contributed by atoms with Crippen molar-refractivity contribution in [2.24, 2.45) is 0 Å². The summed E-state index contributed by atoms with van der Waals surface area (Å²) in [6.45, 7) is 5.85. The highest BCUT2D eigenvalue weighted by atomic mass is 16.5. The summed E-state index contributed by atoms with van der Waals surface area (Å²) < 4.78 is 12.7. The highest BCUT2D eigenvalue weighted by molar-refractivity contribution is 6.43. The van der Waals surface area contributed by atoms with Crippen LogP contribution in [0.25, 0.3) is 5.69 Å². The highest BCUT2D eigenvalue weighted by Gasteiger charge is 2.24. The lowest BCUT2D eigenvalue weighted by atomic mass is 10.1. The number of benzene rings is 1. The molecule has 0 bridgehead atoms. The Morgan fingerprint density at radius 3 is 2.79 bits per heavy atom. The van der Waals surface area contributed by atoms with Crippen LogP contribution in [0.2, 0.25) is 0 Å². The number of hydrogen-bond donors (Lipinski definition) is 1. The number of para-hydroxylation sites is 1. The molecule has 1 amide bonds. The molecule has 1 aliphatic heterocycles. The van der Waals surface area contributed by atoms with E-state index < -0.39 is 11.7 Å². The van der Waals surface area contributed by atoms with Crippen molar-refractivity contribution in [1.29, 1.82) is 0 Å². The van der Waals surface area contributed by atoms with E-state index in [0.717, 1.165) is 25.1 Å². The molecule has 0 aliphatic carbocycles. The van der Waals surface area contributed by atoms with E-state index in [-0.39, 0.29) is 6.10 Å². The lowest BCUT2D eigenvalue weighted by molar-refractivity contribution is -0.117. The molecule has 1 aromatic carbocycles. The van der Waals surface area contributed by atoms with Gasteiger partial charge in [0.2, 0.25) is 0 Å². The monoisotopic (exact) mass is 385 g/mol. The van der Waals surface area contributed by atoms with Gasteiger partial charge in [0.15, 0.2) is 0 Å². The standard InChI is InChI=1S/C21H27N3O4/c1-15-19(16(2)24(23-15)17-8-4-3-5-9-17)20(25)21(26)22-11-7-12-27-14-18-10-6-13-28-18/h3-5,8-9,18H,6-7,10-14H2,1-2H3,(H,22,26). The zero-order chi connectivity index (χ0) is 19.9. The van der Waals surface area contributed by atoms with Crippen molar-refractivity contribution >= 4 is 11.7 Å². The summed E-state index contributed by atoms with van der Waals surface area (Å²) in [4.78, 5) is 24.9. The summed E-state index contributed by atoms with van der Waals surface area (Å²) in [6, 6.07) is 9.54. The van der Waals surface area contributed by atoms with Crippen molar-refractivity contribution in [3.8, 4) is 5.69 Å². The molecule has 1 aromatic heterocycles. The van der Waals surface area contributed by atoms with Crippen LogP contribution < -0.4 is 5.32 Å². The second-order valence-electron chi connectivity index (χ2n) is 6.94. The second-order valence-corrected chi connectivity index (χ2v) is 6.94. The molecule has 1 unspecified atom stereocenters. The number of carbonyl (C=O) groups is 2. The van der Waals surface area contributed by atoms with Gasteiger partial charge in [0.25, 0.3) is 11.7 Å². The van der Waals surface area contributed by atoms with E-state index in [1.165, 1.54) is 0 Å². The molecule has 28 heavy (non-hydrogen) atoms. The fourth-order valence-electron chi connectivity index (χ4n) is 3.35. The molecule has 0 spiro atoms. The molecule has 2 aromatic rings. The molecule has 1 N–H and O–H groups in total. The SMILES string of the molecule is Cc1nn(-c2ccccc2)c(C)c1C(=O)C(=O)NCCCOCC1CCCO1. The van der Waals surface area contributed by atoms with Gasteiger partial charge in [0.05, 0.1) is 35.3 Å². The first-order valence-corrected chi connectivity index (χ1v) is 9.71. The Morgan fingerprint density at radius 2 is 2.07 bits per heavy atom. The summed E-state index contributed by atoms with van der Waals surface area (Å²) in [6.07, 6.45) is 2.97. The average molecular weight is 385 g/mol. The zero-order valence-corrected chi connectivity index (χ0v) is 16.4. The minimum absolute atomic E-state index is 0.197. The van der Waals surface area contributed by atoms with Gasteiger partial charge >= 0.3 is 0 Å². The minimum Gasteiger partial charge on any atom is -0.379 e. The Bertz CT molecular complexity index is 811. The lowest BCUT2D eigenvalue weighted by Crippen LogP contribution is -2.33. The number of ketones is 1. The normalized spacial score (nSPS) is 16.3. The van der Waals surface area contributed by atoms with Crippen LogP contribution >= 0.6 is 0 Å². The van der Waals surface area contributed by atoms with Crippen LogP contribution in [-0.2, 0) is 14.3 Å². The average Bonchev–Trinajstić information content (AvgIpc) is 3.32. The first-order valence-electron chi connectivity index (χ1n) is 9.71. The first-order chi connectivity index (χ1) is 13.6. The molecular formula is C21H27N3O4. The maximum Gasteiger partial charge on any atom is 0.292 e. The quantitative estimate of drug-likeness (QED) is 0.407. The number of nitrogens with zero attached hydrogens (tertiary/aromatic N) is 2. The van der Waals surface area contributed by atoms with Crippen molar-refractivity contribution in [1.82, 2.24) is 15.1 Å². The van der Waals surface area contributed by atoms with Crippen molar-refractivity contribution < 1.29 is 19.1 Å². The predicted octanol–water partition coefficient (Wildman–Crippen LogP) is 2.37. The molecular weight excluding hydrogens is 358 g/mol. The van der Waals surface area contributed by atoms with Crippen LogP contribution in [0.5, 0.6) is 0 Å². The molecule has 1 atom stereocenters. The summed E-state index contributed by atoms with van der Waals surface area (Å²) in [5.41, 5.74) is 2.41. The fraction of sp³-hybridized carbons (Fsp3) is 0.476. The van der Waals surface area contributed by atoms with Gasteiger partial charge in [-0.25, -0.2) is 4.68 Å². The molecule has 150 valence electrons. The predicted molar refractivity (Wildman–Crippen MR) is 105 cm³/mol. The van der Waals surface area contributed by atoms with Crippen LogP contribution in [0.4, 0.5) is 0 Å². The van der Waals surface area contributed by atoms with E-state index in [4.69, 9.17) is 9.47 Å². The van der Waals surface area contributed by atoms with Gasteiger partial charge in [-0.1, -0.05) is 18.2 Å². The molecule has 7 heteroatoms. The van der Waals surface area contributed by atoms with Crippen LogP contribution in [-0.4, -0.2) is 53.9 Å². The molecule has 2 heterocycles. The number of Topliss-reactive ketones (excluding diaryl/α,β-unsaturated/α-hetero) is 1. The Morgan fingerprint density at radius 1 is 1.29 bits per heavy atom. The molecule has 0 saturated carbocycles. The largest absolute Gasteiger partial charge is 0.379 e. The number of aryl methyl sites for hydroxylation is 1.